The molecule has 0 fully saturated rings. The second-order valence-electron chi connectivity index (χ2n) is 2.76. The number of anilines is 1. The minimum Gasteiger partial charge on any atom is -0.763 e. The minimum absolute atomic E-state index is 0.947. The Balaban J connectivity index is 2.92. The number of benzene rings is 1. The van der Waals surface area contributed by atoms with Gasteiger partial charge in [0.05, 0.1) is 0 Å². The average molecular weight is 159 g/mol. The van der Waals surface area contributed by atoms with Gasteiger partial charge in [0.15, 0.2) is 0 Å². The van der Waals surface area contributed by atoms with Gasteiger partial charge in [-0.25, -0.2) is 0 Å². The summed E-state index contributed by atoms with van der Waals surface area (Å²) in [5.74, 6) is 1.99. The van der Waals surface area contributed by atoms with Gasteiger partial charge in [0.1, 0.15) is 0 Å². The van der Waals surface area contributed by atoms with Crippen LogP contribution in [-0.4, -0.2) is 20.0 Å². The molecule has 0 N–H and O–H groups in total. The van der Waals surface area contributed by atoms with Crippen molar-refractivity contribution in [3.63, 3.8) is 0 Å². The van der Waals surface area contributed by atoms with Crippen LogP contribution in [0.25, 0.3) is 11.5 Å². The molecular formula is C10H11N2-. The molecule has 0 spiro atoms. The lowest BCUT2D eigenvalue weighted by molar-refractivity contribution is 1.13. The van der Waals surface area contributed by atoms with Crippen LogP contribution in [0.4, 0.5) is 5.69 Å². The number of rotatable bonds is 2. The molecule has 2 nitrogen and oxygen atoms in total. The average Bonchev–Trinajstić information content (AvgIpc) is 2.06. The second kappa shape index (κ2) is 3.74. The molecule has 0 aliphatic heterocycles. The van der Waals surface area contributed by atoms with Crippen LogP contribution in [0.2, 0.25) is 0 Å². The summed E-state index contributed by atoms with van der Waals surface area (Å²) in [7, 11) is 3.98. The van der Waals surface area contributed by atoms with Gasteiger partial charge in [-0.3, -0.25) is 5.87 Å². The lowest BCUT2D eigenvalue weighted by Gasteiger charge is -2.11. The highest BCUT2D eigenvalue weighted by Gasteiger charge is 1.91. The molecule has 1 rings (SSSR count). The van der Waals surface area contributed by atoms with Crippen LogP contribution in [0.3, 0.4) is 0 Å². The molecule has 0 aliphatic rings. The molecular weight excluding hydrogens is 148 g/mol. The normalized spacial score (nSPS) is 8.83. The maximum atomic E-state index is 8.38. The Morgan fingerprint density at radius 3 is 2.25 bits per heavy atom. The third-order valence-corrected chi connectivity index (χ3v) is 1.64. The predicted molar refractivity (Wildman–Crippen MR) is 53.6 cm³/mol. The van der Waals surface area contributed by atoms with Crippen molar-refractivity contribution in [2.75, 3.05) is 19.0 Å². The lowest BCUT2D eigenvalue weighted by atomic mass is 10.2. The predicted octanol–water partition coefficient (Wildman–Crippen LogP) is 2.00. The highest BCUT2D eigenvalue weighted by molar-refractivity contribution is 5.79. The molecule has 0 heterocycles. The fourth-order valence-electron chi connectivity index (χ4n) is 0.943. The third kappa shape index (κ3) is 1.97. The van der Waals surface area contributed by atoms with E-state index in [1.807, 2.05) is 49.1 Å². The van der Waals surface area contributed by atoms with Crippen molar-refractivity contribution in [3.05, 3.63) is 35.2 Å². The highest BCUT2D eigenvalue weighted by Crippen LogP contribution is 2.12. The SMILES string of the molecule is CN(C)c1ccc(C=C=[N-])cc1. The van der Waals surface area contributed by atoms with Gasteiger partial charge in [0.2, 0.25) is 0 Å². The molecule has 0 amide bonds. The summed E-state index contributed by atoms with van der Waals surface area (Å²) in [6.45, 7) is 0. The minimum atomic E-state index is 0.947. The van der Waals surface area contributed by atoms with E-state index >= 15 is 0 Å². The van der Waals surface area contributed by atoms with E-state index in [0.717, 1.165) is 11.3 Å². The zero-order valence-electron chi connectivity index (χ0n) is 7.28. The Kier molecular flexibility index (Phi) is 2.67. The van der Waals surface area contributed by atoms with Crippen LogP contribution in [-0.2, 0) is 0 Å². The van der Waals surface area contributed by atoms with E-state index in [0.29, 0.717) is 0 Å². The highest BCUT2D eigenvalue weighted by atomic mass is 15.1. The molecule has 0 radical (unpaired) electrons. The lowest BCUT2D eigenvalue weighted by Crippen LogP contribution is -2.07. The van der Waals surface area contributed by atoms with Gasteiger partial charge in [0, 0.05) is 19.8 Å². The molecule has 0 saturated carbocycles. The third-order valence-electron chi connectivity index (χ3n) is 1.64. The van der Waals surface area contributed by atoms with Crippen molar-refractivity contribution in [3.8, 4) is 0 Å². The van der Waals surface area contributed by atoms with Crippen molar-refractivity contribution in [2.24, 2.45) is 0 Å². The molecule has 0 unspecified atom stereocenters. The van der Waals surface area contributed by atoms with E-state index in [4.69, 9.17) is 5.41 Å². The summed E-state index contributed by atoms with van der Waals surface area (Å²) < 4.78 is 0. The van der Waals surface area contributed by atoms with Crippen LogP contribution in [0.5, 0.6) is 0 Å². The maximum Gasteiger partial charge on any atom is 0.0361 e. The van der Waals surface area contributed by atoms with Gasteiger partial charge in [-0.1, -0.05) is 12.1 Å². The zero-order chi connectivity index (χ0) is 8.97. The second-order valence-corrected chi connectivity index (χ2v) is 2.76. The Morgan fingerprint density at radius 1 is 1.25 bits per heavy atom. The van der Waals surface area contributed by atoms with Crippen molar-refractivity contribution in [1.82, 2.24) is 0 Å². The molecule has 1 aromatic rings. The molecule has 0 aromatic heterocycles. The number of nitrogens with zero attached hydrogens (tertiary/aromatic N) is 2. The molecule has 62 valence electrons. The Bertz CT molecular complexity index is 292. The first-order valence-electron chi connectivity index (χ1n) is 3.74. The number of hydrogen-bond donors (Lipinski definition) is 0. The van der Waals surface area contributed by atoms with Crippen LogP contribution in [0.15, 0.2) is 24.3 Å². The molecule has 2 heteroatoms. The topological polar surface area (TPSA) is 25.5 Å². The van der Waals surface area contributed by atoms with Gasteiger partial charge in [0.25, 0.3) is 0 Å². The summed E-state index contributed by atoms with van der Waals surface area (Å²) in [6, 6.07) is 7.84. The zero-order valence-corrected chi connectivity index (χ0v) is 7.28. The van der Waals surface area contributed by atoms with E-state index < -0.39 is 0 Å². The fourth-order valence-corrected chi connectivity index (χ4v) is 0.943. The molecule has 0 aliphatic carbocycles. The Morgan fingerprint density at radius 2 is 1.83 bits per heavy atom. The number of hydrogen-bond acceptors (Lipinski definition) is 1. The van der Waals surface area contributed by atoms with Crippen LogP contribution in [0, 0.1) is 0 Å². The van der Waals surface area contributed by atoms with Gasteiger partial charge in [-0.05, 0) is 23.8 Å². The van der Waals surface area contributed by atoms with Crippen molar-refractivity contribution in [1.29, 1.82) is 0 Å². The van der Waals surface area contributed by atoms with Gasteiger partial charge < -0.3 is 10.3 Å². The summed E-state index contributed by atoms with van der Waals surface area (Å²) in [6.07, 6.45) is 1.53. The molecule has 1 aromatic carbocycles. The van der Waals surface area contributed by atoms with Gasteiger partial charge >= 0.3 is 0 Å². The first-order valence-corrected chi connectivity index (χ1v) is 3.74. The van der Waals surface area contributed by atoms with Gasteiger partial charge in [-0.2, -0.15) is 0 Å². The summed E-state index contributed by atoms with van der Waals surface area (Å²) in [4.78, 5) is 2.02. The molecule has 12 heavy (non-hydrogen) atoms. The smallest absolute Gasteiger partial charge is 0.0361 e. The summed E-state index contributed by atoms with van der Waals surface area (Å²) in [5.41, 5.74) is 2.09. The van der Waals surface area contributed by atoms with E-state index in [1.165, 1.54) is 6.08 Å². The van der Waals surface area contributed by atoms with Crippen molar-refractivity contribution in [2.45, 2.75) is 0 Å². The Labute approximate surface area is 72.6 Å². The molecule has 0 atom stereocenters. The van der Waals surface area contributed by atoms with Crippen LogP contribution in [0.1, 0.15) is 5.56 Å². The van der Waals surface area contributed by atoms with E-state index in [2.05, 4.69) is 0 Å². The molecule has 0 saturated heterocycles. The maximum absolute atomic E-state index is 8.38. The van der Waals surface area contributed by atoms with Crippen LogP contribution >= 0.6 is 0 Å². The largest absolute Gasteiger partial charge is 0.763 e. The van der Waals surface area contributed by atoms with E-state index in [-0.39, 0.29) is 0 Å². The van der Waals surface area contributed by atoms with Crippen molar-refractivity contribution < 1.29 is 0 Å². The van der Waals surface area contributed by atoms with E-state index in [9.17, 15) is 0 Å². The standard InChI is InChI=1S/C10H11N2/c1-12(2)10-5-3-9(4-6-10)7-8-11/h3-7H,1-2H3/q-1. The first kappa shape index (κ1) is 8.57. The summed E-state index contributed by atoms with van der Waals surface area (Å²) in [5, 5.41) is 8.38. The fraction of sp³-hybridized carbons (Fsp3) is 0.200. The monoisotopic (exact) mass is 159 g/mol. The van der Waals surface area contributed by atoms with Gasteiger partial charge in [-0.15, -0.1) is 0 Å². The quantitative estimate of drug-likeness (QED) is 0.606. The Hall–Kier alpha value is -1.53. The van der Waals surface area contributed by atoms with Crippen LogP contribution < -0.4 is 4.90 Å². The first-order chi connectivity index (χ1) is 5.74. The van der Waals surface area contributed by atoms with Crippen molar-refractivity contribution >= 4 is 17.6 Å². The molecule has 0 bridgehead atoms. The van der Waals surface area contributed by atoms with E-state index in [1.54, 1.807) is 0 Å². The summed E-state index contributed by atoms with van der Waals surface area (Å²) >= 11 is 0.